The molecule has 1 aromatic heterocycles. The molecule has 0 aliphatic heterocycles. The first-order valence-corrected chi connectivity index (χ1v) is 6.78. The number of hydrogen-bond donors (Lipinski definition) is 2. The third kappa shape index (κ3) is 3.16. The monoisotopic (exact) mass is 264 g/mol. The highest BCUT2D eigenvalue weighted by atomic mass is 16.3. The van der Waals surface area contributed by atoms with Crippen LogP contribution in [0.25, 0.3) is 0 Å². The largest absolute Gasteiger partial charge is 0.467 e. The summed E-state index contributed by atoms with van der Waals surface area (Å²) in [6, 6.07) is 3.56. The predicted molar refractivity (Wildman–Crippen MR) is 70.1 cm³/mol. The number of rotatable bonds is 7. The minimum absolute atomic E-state index is 0.141. The van der Waals surface area contributed by atoms with Crippen LogP contribution in [0, 0.1) is 5.41 Å². The van der Waals surface area contributed by atoms with Gasteiger partial charge in [0.2, 0.25) is 11.8 Å². The topological polar surface area (TPSA) is 71.3 Å². The standard InChI is InChI=1S/C14H20N2O3/c1-2-3-8-15-12(17)14(6-7-14)13(18)16-10-11-5-4-9-19-11/h4-5,9H,2-3,6-8,10H2,1H3,(H,15,17)(H,16,18). The number of unbranched alkanes of at least 4 members (excludes halogenated alkanes) is 1. The van der Waals surface area contributed by atoms with Crippen molar-refractivity contribution in [2.45, 2.75) is 39.2 Å². The van der Waals surface area contributed by atoms with Crippen molar-refractivity contribution in [1.82, 2.24) is 10.6 Å². The van der Waals surface area contributed by atoms with Gasteiger partial charge < -0.3 is 15.1 Å². The molecule has 2 N–H and O–H groups in total. The molecule has 19 heavy (non-hydrogen) atoms. The van der Waals surface area contributed by atoms with E-state index in [1.54, 1.807) is 18.4 Å². The van der Waals surface area contributed by atoms with Crippen molar-refractivity contribution in [3.8, 4) is 0 Å². The van der Waals surface area contributed by atoms with Crippen molar-refractivity contribution < 1.29 is 14.0 Å². The van der Waals surface area contributed by atoms with Crippen LogP contribution in [0.2, 0.25) is 0 Å². The van der Waals surface area contributed by atoms with E-state index in [9.17, 15) is 9.59 Å². The van der Waals surface area contributed by atoms with Gasteiger partial charge in [-0.2, -0.15) is 0 Å². The van der Waals surface area contributed by atoms with Gasteiger partial charge in [0.25, 0.3) is 0 Å². The summed E-state index contributed by atoms with van der Waals surface area (Å²) < 4.78 is 5.14. The van der Waals surface area contributed by atoms with Crippen molar-refractivity contribution >= 4 is 11.8 Å². The zero-order valence-corrected chi connectivity index (χ0v) is 11.2. The number of nitrogens with one attached hydrogen (secondary N) is 2. The fraction of sp³-hybridized carbons (Fsp3) is 0.571. The van der Waals surface area contributed by atoms with Gasteiger partial charge in [-0.05, 0) is 31.4 Å². The summed E-state index contributed by atoms with van der Waals surface area (Å²) >= 11 is 0. The molecule has 0 aromatic carbocycles. The van der Waals surface area contributed by atoms with Crippen LogP contribution in [0.3, 0.4) is 0 Å². The van der Waals surface area contributed by atoms with Gasteiger partial charge in [-0.25, -0.2) is 0 Å². The third-order valence-corrected chi connectivity index (χ3v) is 3.44. The number of hydrogen-bond acceptors (Lipinski definition) is 3. The molecular weight excluding hydrogens is 244 g/mol. The van der Waals surface area contributed by atoms with E-state index in [4.69, 9.17) is 4.42 Å². The van der Waals surface area contributed by atoms with Crippen LogP contribution in [0.1, 0.15) is 38.4 Å². The van der Waals surface area contributed by atoms with Crippen molar-refractivity contribution in [2.75, 3.05) is 6.54 Å². The lowest BCUT2D eigenvalue weighted by molar-refractivity contribution is -0.137. The van der Waals surface area contributed by atoms with E-state index in [1.165, 1.54) is 0 Å². The number of furan rings is 1. The third-order valence-electron chi connectivity index (χ3n) is 3.44. The maximum atomic E-state index is 12.1. The second-order valence-electron chi connectivity index (χ2n) is 4.95. The highest BCUT2D eigenvalue weighted by Gasteiger charge is 2.56. The molecule has 0 spiro atoms. The van der Waals surface area contributed by atoms with E-state index < -0.39 is 5.41 Å². The summed E-state index contributed by atoms with van der Waals surface area (Å²) in [5.41, 5.74) is -0.833. The van der Waals surface area contributed by atoms with Crippen LogP contribution in [-0.4, -0.2) is 18.4 Å². The fourth-order valence-corrected chi connectivity index (χ4v) is 1.98. The first-order valence-electron chi connectivity index (χ1n) is 6.78. The first kappa shape index (κ1) is 13.6. The lowest BCUT2D eigenvalue weighted by Crippen LogP contribution is -2.43. The minimum atomic E-state index is -0.833. The van der Waals surface area contributed by atoms with Crippen molar-refractivity contribution in [2.24, 2.45) is 5.41 Å². The summed E-state index contributed by atoms with van der Waals surface area (Å²) in [4.78, 5) is 24.1. The molecule has 5 heteroatoms. The van der Waals surface area contributed by atoms with E-state index >= 15 is 0 Å². The van der Waals surface area contributed by atoms with Gasteiger partial charge >= 0.3 is 0 Å². The Labute approximate surface area is 112 Å². The molecule has 104 valence electrons. The second kappa shape index (κ2) is 5.91. The molecule has 1 aliphatic carbocycles. The van der Waals surface area contributed by atoms with E-state index in [1.807, 2.05) is 0 Å². The van der Waals surface area contributed by atoms with E-state index in [-0.39, 0.29) is 11.8 Å². The predicted octanol–water partition coefficient (Wildman–Crippen LogP) is 1.59. The number of carbonyl (C=O) groups excluding carboxylic acids is 2. The normalized spacial score (nSPS) is 15.8. The van der Waals surface area contributed by atoms with Gasteiger partial charge in [0.1, 0.15) is 11.2 Å². The summed E-state index contributed by atoms with van der Waals surface area (Å²) in [5, 5.41) is 5.60. The fourth-order valence-electron chi connectivity index (χ4n) is 1.98. The molecule has 1 saturated carbocycles. The maximum Gasteiger partial charge on any atom is 0.236 e. The van der Waals surface area contributed by atoms with Gasteiger partial charge in [0.05, 0.1) is 12.8 Å². The van der Waals surface area contributed by atoms with Crippen LogP contribution in [0.15, 0.2) is 22.8 Å². The number of carbonyl (C=O) groups is 2. The van der Waals surface area contributed by atoms with Gasteiger partial charge in [0, 0.05) is 6.54 Å². The Morgan fingerprint density at radius 1 is 1.32 bits per heavy atom. The van der Waals surface area contributed by atoms with Crippen molar-refractivity contribution in [3.63, 3.8) is 0 Å². The van der Waals surface area contributed by atoms with Crippen molar-refractivity contribution in [1.29, 1.82) is 0 Å². The Kier molecular flexibility index (Phi) is 4.24. The Bertz CT molecular complexity index is 436. The molecule has 0 bridgehead atoms. The van der Waals surface area contributed by atoms with Crippen LogP contribution in [0.4, 0.5) is 0 Å². The Morgan fingerprint density at radius 3 is 2.63 bits per heavy atom. The summed E-state index contributed by atoms with van der Waals surface area (Å²) in [5.74, 6) is 0.353. The molecule has 1 aliphatic rings. The highest BCUT2D eigenvalue weighted by Crippen LogP contribution is 2.46. The Hall–Kier alpha value is -1.78. The van der Waals surface area contributed by atoms with Gasteiger partial charge in [-0.15, -0.1) is 0 Å². The first-order chi connectivity index (χ1) is 9.19. The molecule has 1 aromatic rings. The maximum absolute atomic E-state index is 12.1. The molecule has 1 fully saturated rings. The molecule has 2 amide bonds. The van der Waals surface area contributed by atoms with Crippen LogP contribution in [0.5, 0.6) is 0 Å². The van der Waals surface area contributed by atoms with Crippen LogP contribution >= 0.6 is 0 Å². The minimum Gasteiger partial charge on any atom is -0.467 e. The van der Waals surface area contributed by atoms with E-state index in [2.05, 4.69) is 17.6 Å². The molecule has 0 saturated heterocycles. The highest BCUT2D eigenvalue weighted by molar-refractivity contribution is 6.07. The van der Waals surface area contributed by atoms with E-state index in [0.717, 1.165) is 12.8 Å². The average molecular weight is 264 g/mol. The van der Waals surface area contributed by atoms with Crippen LogP contribution < -0.4 is 10.6 Å². The molecule has 5 nitrogen and oxygen atoms in total. The Morgan fingerprint density at radius 2 is 2.05 bits per heavy atom. The Balaban J connectivity index is 1.82. The number of amides is 2. The molecule has 0 atom stereocenters. The van der Waals surface area contributed by atoms with E-state index in [0.29, 0.717) is 31.7 Å². The molecule has 0 radical (unpaired) electrons. The molecule has 2 rings (SSSR count). The molecule has 1 heterocycles. The zero-order valence-electron chi connectivity index (χ0n) is 11.2. The summed E-state index contributed by atoms with van der Waals surface area (Å²) in [6.45, 7) is 3.04. The summed E-state index contributed by atoms with van der Waals surface area (Å²) in [6.07, 6.45) is 4.80. The second-order valence-corrected chi connectivity index (χ2v) is 4.95. The average Bonchev–Trinajstić information content (AvgIpc) is 3.06. The molecular formula is C14H20N2O3. The quantitative estimate of drug-likeness (QED) is 0.580. The smallest absolute Gasteiger partial charge is 0.236 e. The van der Waals surface area contributed by atoms with Crippen LogP contribution in [-0.2, 0) is 16.1 Å². The lowest BCUT2D eigenvalue weighted by Gasteiger charge is -2.14. The van der Waals surface area contributed by atoms with Gasteiger partial charge in [0.15, 0.2) is 0 Å². The summed E-state index contributed by atoms with van der Waals surface area (Å²) in [7, 11) is 0. The molecule has 0 unspecified atom stereocenters. The SMILES string of the molecule is CCCCNC(=O)C1(C(=O)NCc2ccco2)CC1. The van der Waals surface area contributed by atoms with Crippen molar-refractivity contribution in [3.05, 3.63) is 24.2 Å². The van der Waals surface area contributed by atoms with Gasteiger partial charge in [-0.3, -0.25) is 9.59 Å². The lowest BCUT2D eigenvalue weighted by atomic mass is 10.1. The zero-order chi connectivity index (χ0) is 13.7. The van der Waals surface area contributed by atoms with Gasteiger partial charge in [-0.1, -0.05) is 13.3 Å².